The Morgan fingerprint density at radius 1 is 0.600 bits per heavy atom. The minimum absolute atomic E-state index is 0.200. The van der Waals surface area contributed by atoms with E-state index in [1.165, 1.54) is 25.7 Å². The minimum atomic E-state index is 0.200. The molecule has 0 bridgehead atoms. The van der Waals surface area contributed by atoms with Crippen LogP contribution >= 0.6 is 0 Å². The fraction of sp³-hybridized carbons (Fsp3) is 0.600. The van der Waals surface area contributed by atoms with Crippen LogP contribution in [0.25, 0.3) is 0 Å². The van der Waals surface area contributed by atoms with Crippen LogP contribution in [0.5, 0.6) is 0 Å². The first-order chi connectivity index (χ1) is 9.33. The Morgan fingerprint density at radius 3 is 1.25 bits per heavy atom. The molecule has 114 valence electrons. The zero-order chi connectivity index (χ0) is 15.5. The molecule has 0 radical (unpaired) electrons. The number of hydrogen-bond acceptors (Lipinski definition) is 0. The molecule has 0 spiro atoms. The molecule has 0 aliphatic rings. The molecule has 20 heavy (non-hydrogen) atoms. The molecule has 0 aliphatic heterocycles. The van der Waals surface area contributed by atoms with Gasteiger partial charge in [-0.1, -0.05) is 76.3 Å². The van der Waals surface area contributed by atoms with Crippen LogP contribution in [0.3, 0.4) is 0 Å². The molecule has 0 saturated carbocycles. The first-order valence-corrected chi connectivity index (χ1v) is 7.96. The summed E-state index contributed by atoms with van der Waals surface area (Å²) in [6, 6.07) is 0. The average Bonchev–Trinajstić information content (AvgIpc) is 2.32. The van der Waals surface area contributed by atoms with E-state index in [4.69, 9.17) is 0 Å². The molecular formula is C20H34. The van der Waals surface area contributed by atoms with E-state index in [2.05, 4.69) is 90.2 Å². The van der Waals surface area contributed by atoms with E-state index < -0.39 is 0 Å². The number of unbranched alkanes of at least 4 members (excludes halogenated alkanes) is 3. The number of rotatable bonds is 9. The Bertz CT molecular complexity index is 312. The zero-order valence-corrected chi connectivity index (χ0v) is 14.4. The van der Waals surface area contributed by atoms with Gasteiger partial charge < -0.3 is 0 Å². The Labute approximate surface area is 127 Å². The van der Waals surface area contributed by atoms with Crippen LogP contribution in [0.15, 0.2) is 48.6 Å². The van der Waals surface area contributed by atoms with Gasteiger partial charge in [-0.05, 0) is 39.5 Å². The van der Waals surface area contributed by atoms with Gasteiger partial charge >= 0.3 is 0 Å². The molecule has 0 heteroatoms. The second-order valence-electron chi connectivity index (χ2n) is 6.73. The molecule has 0 fully saturated rings. The lowest BCUT2D eigenvalue weighted by Gasteiger charge is -2.14. The van der Waals surface area contributed by atoms with Crippen LogP contribution in [0.2, 0.25) is 0 Å². The highest BCUT2D eigenvalue weighted by Crippen LogP contribution is 2.20. The third-order valence-electron chi connectivity index (χ3n) is 3.28. The predicted octanol–water partition coefficient (Wildman–Crippen LogP) is 6.86. The van der Waals surface area contributed by atoms with Crippen molar-refractivity contribution < 1.29 is 0 Å². The normalized spacial score (nSPS) is 14.5. The lowest BCUT2D eigenvalue weighted by atomic mass is 9.91. The van der Waals surface area contributed by atoms with Gasteiger partial charge in [0.15, 0.2) is 0 Å². The van der Waals surface area contributed by atoms with E-state index in [1.54, 1.807) is 0 Å². The van der Waals surface area contributed by atoms with E-state index in [-0.39, 0.29) is 10.8 Å². The van der Waals surface area contributed by atoms with Gasteiger partial charge in [0.2, 0.25) is 0 Å². The van der Waals surface area contributed by atoms with Gasteiger partial charge in [0.05, 0.1) is 0 Å². The van der Waals surface area contributed by atoms with Crippen molar-refractivity contribution >= 4 is 0 Å². The molecule has 0 aromatic carbocycles. The summed E-state index contributed by atoms with van der Waals surface area (Å²) in [5.41, 5.74) is 0.399. The van der Waals surface area contributed by atoms with Gasteiger partial charge in [-0.15, -0.1) is 0 Å². The summed E-state index contributed by atoms with van der Waals surface area (Å²) in [6.07, 6.45) is 23.0. The zero-order valence-electron chi connectivity index (χ0n) is 14.4. The summed E-state index contributed by atoms with van der Waals surface area (Å²) in [5, 5.41) is 0. The van der Waals surface area contributed by atoms with Crippen molar-refractivity contribution in [3.8, 4) is 0 Å². The van der Waals surface area contributed by atoms with E-state index in [1.807, 2.05) is 0 Å². The molecule has 0 amide bonds. The van der Waals surface area contributed by atoms with Gasteiger partial charge in [-0.2, -0.15) is 0 Å². The fourth-order valence-electron chi connectivity index (χ4n) is 2.27. The summed E-state index contributed by atoms with van der Waals surface area (Å²) in [7, 11) is 0. The molecule has 0 heterocycles. The van der Waals surface area contributed by atoms with Crippen LogP contribution in [-0.2, 0) is 0 Å². The fourth-order valence-corrected chi connectivity index (χ4v) is 2.27. The van der Waals surface area contributed by atoms with Crippen LogP contribution in [0.1, 0.15) is 67.2 Å². The quantitative estimate of drug-likeness (QED) is 0.318. The van der Waals surface area contributed by atoms with E-state index in [0.717, 1.165) is 0 Å². The summed E-state index contributed by atoms with van der Waals surface area (Å²) in [5.74, 6) is 0. The average molecular weight is 274 g/mol. The standard InChI is InChI=1S/C20H34/c1-7-15-19(3,4)17-13-11-9-10-12-14-18-20(5,6)16-8-2/h7-8,13-18H,9-12H2,1-6H3. The van der Waals surface area contributed by atoms with Crippen molar-refractivity contribution in [1.82, 2.24) is 0 Å². The first-order valence-electron chi connectivity index (χ1n) is 7.96. The maximum absolute atomic E-state index is 2.33. The molecule has 0 saturated heterocycles. The lowest BCUT2D eigenvalue weighted by Crippen LogP contribution is -2.01. The van der Waals surface area contributed by atoms with Crippen molar-refractivity contribution in [3.05, 3.63) is 48.6 Å². The molecule has 0 unspecified atom stereocenters. The van der Waals surface area contributed by atoms with Gasteiger partial charge in [0.25, 0.3) is 0 Å². The Morgan fingerprint density at radius 2 is 0.950 bits per heavy atom. The maximum Gasteiger partial charge on any atom is 0.000429 e. The monoisotopic (exact) mass is 274 g/mol. The smallest absolute Gasteiger partial charge is 0.000429 e. The number of allylic oxidation sites excluding steroid dienone is 8. The van der Waals surface area contributed by atoms with Crippen molar-refractivity contribution in [2.75, 3.05) is 0 Å². The highest BCUT2D eigenvalue weighted by Gasteiger charge is 2.07. The number of hydrogen-bond donors (Lipinski definition) is 0. The van der Waals surface area contributed by atoms with Crippen molar-refractivity contribution in [1.29, 1.82) is 0 Å². The second-order valence-corrected chi connectivity index (χ2v) is 6.73. The highest BCUT2D eigenvalue weighted by molar-refractivity contribution is 5.07. The molecule has 0 nitrogen and oxygen atoms in total. The maximum atomic E-state index is 2.33. The SMILES string of the molecule is CC=CC(C)(C)C=CCCCCC=CC(C)(C)C=CC. The first kappa shape index (κ1) is 19.0. The highest BCUT2D eigenvalue weighted by atomic mass is 14.1. The molecule has 0 atom stereocenters. The largest absolute Gasteiger partial charge is 0.0908 e. The molecule has 0 aromatic rings. The predicted molar refractivity (Wildman–Crippen MR) is 93.9 cm³/mol. The van der Waals surface area contributed by atoms with Crippen molar-refractivity contribution in [2.45, 2.75) is 67.2 Å². The van der Waals surface area contributed by atoms with Gasteiger partial charge in [0, 0.05) is 10.8 Å². The Hall–Kier alpha value is -1.04. The van der Waals surface area contributed by atoms with Crippen LogP contribution < -0.4 is 0 Å². The summed E-state index contributed by atoms with van der Waals surface area (Å²) in [6.45, 7) is 13.1. The van der Waals surface area contributed by atoms with E-state index in [0.29, 0.717) is 0 Å². The topological polar surface area (TPSA) is 0 Å². The summed E-state index contributed by atoms with van der Waals surface area (Å²) < 4.78 is 0. The van der Waals surface area contributed by atoms with Gasteiger partial charge in [0.1, 0.15) is 0 Å². The van der Waals surface area contributed by atoms with Crippen molar-refractivity contribution in [2.24, 2.45) is 10.8 Å². The molecule has 0 rings (SSSR count). The third-order valence-corrected chi connectivity index (χ3v) is 3.28. The van der Waals surface area contributed by atoms with Crippen LogP contribution in [0, 0.1) is 10.8 Å². The second kappa shape index (κ2) is 9.80. The van der Waals surface area contributed by atoms with Gasteiger partial charge in [-0.25, -0.2) is 0 Å². The Balaban J connectivity index is 3.84. The third kappa shape index (κ3) is 10.8. The Kier molecular flexibility index (Phi) is 9.29. The van der Waals surface area contributed by atoms with Gasteiger partial charge in [-0.3, -0.25) is 0 Å². The lowest BCUT2D eigenvalue weighted by molar-refractivity contribution is 0.616. The van der Waals surface area contributed by atoms with Crippen LogP contribution in [0.4, 0.5) is 0 Å². The molecule has 0 N–H and O–H groups in total. The molecule has 0 aliphatic carbocycles. The molecule has 0 aromatic heterocycles. The van der Waals surface area contributed by atoms with Crippen molar-refractivity contribution in [3.63, 3.8) is 0 Å². The van der Waals surface area contributed by atoms with E-state index in [9.17, 15) is 0 Å². The minimum Gasteiger partial charge on any atom is -0.0908 e. The molecular weight excluding hydrogens is 240 g/mol. The van der Waals surface area contributed by atoms with E-state index >= 15 is 0 Å². The summed E-state index contributed by atoms with van der Waals surface area (Å²) >= 11 is 0. The summed E-state index contributed by atoms with van der Waals surface area (Å²) in [4.78, 5) is 0. The van der Waals surface area contributed by atoms with Crippen LogP contribution in [-0.4, -0.2) is 0 Å².